The highest BCUT2D eigenvalue weighted by molar-refractivity contribution is 6.23. The van der Waals surface area contributed by atoms with E-state index in [2.05, 4.69) is 10.2 Å². The second-order valence-electron chi connectivity index (χ2n) is 6.28. The summed E-state index contributed by atoms with van der Waals surface area (Å²) in [5.74, 6) is -1.95. The van der Waals surface area contributed by atoms with Crippen molar-refractivity contribution in [3.8, 4) is 0 Å². The van der Waals surface area contributed by atoms with Crippen LogP contribution in [0.3, 0.4) is 0 Å². The molecule has 2 fully saturated rings. The van der Waals surface area contributed by atoms with Crippen molar-refractivity contribution in [2.45, 2.75) is 18.9 Å². The van der Waals surface area contributed by atoms with Crippen molar-refractivity contribution in [1.82, 2.24) is 10.2 Å². The summed E-state index contributed by atoms with van der Waals surface area (Å²) in [4.78, 5) is 51.8. The fourth-order valence-electron chi connectivity index (χ4n) is 3.48. The molecule has 25 heavy (non-hydrogen) atoms. The molecule has 0 radical (unpaired) electrons. The summed E-state index contributed by atoms with van der Waals surface area (Å²) < 4.78 is 5.33. The highest BCUT2D eigenvalue weighted by atomic mass is 16.5. The van der Waals surface area contributed by atoms with Gasteiger partial charge in [-0.25, -0.2) is 0 Å². The number of hydrogen-bond donors (Lipinski definition) is 1. The van der Waals surface area contributed by atoms with Gasteiger partial charge in [0, 0.05) is 25.2 Å². The Labute approximate surface area is 143 Å². The Morgan fingerprint density at radius 1 is 1.00 bits per heavy atom. The zero-order chi connectivity index (χ0) is 17.6. The number of rotatable bonds is 2. The van der Waals surface area contributed by atoms with Crippen LogP contribution in [-0.4, -0.2) is 60.9 Å². The van der Waals surface area contributed by atoms with E-state index in [1.54, 1.807) is 12.1 Å². The normalized spacial score (nSPS) is 23.8. The number of benzene rings is 1. The number of fused-ring (bicyclic) bond motifs is 1. The second-order valence-corrected chi connectivity index (χ2v) is 6.28. The number of piperidine rings is 1. The topological polar surface area (TPSA) is 96.0 Å². The second kappa shape index (κ2) is 5.96. The van der Waals surface area contributed by atoms with Gasteiger partial charge >= 0.3 is 0 Å². The SMILES string of the molecule is O=C1CC[C@H](N2C(=O)c3ccc(N4CCOCC4)cc3C2=O)C(=O)N1. The molecule has 1 N–H and O–H groups in total. The number of hydrogen-bond acceptors (Lipinski definition) is 6. The molecule has 3 heterocycles. The number of amides is 4. The Bertz CT molecular complexity index is 784. The highest BCUT2D eigenvalue weighted by Crippen LogP contribution is 2.30. The summed E-state index contributed by atoms with van der Waals surface area (Å²) >= 11 is 0. The molecular formula is C17H17N3O5. The van der Waals surface area contributed by atoms with Crippen LogP contribution in [0.4, 0.5) is 5.69 Å². The molecule has 1 aromatic carbocycles. The first-order valence-electron chi connectivity index (χ1n) is 8.24. The van der Waals surface area contributed by atoms with Crippen LogP contribution in [0.1, 0.15) is 33.6 Å². The molecule has 1 aromatic rings. The van der Waals surface area contributed by atoms with Gasteiger partial charge in [0.1, 0.15) is 6.04 Å². The van der Waals surface area contributed by atoms with Gasteiger partial charge in [-0.15, -0.1) is 0 Å². The summed E-state index contributed by atoms with van der Waals surface area (Å²) in [7, 11) is 0. The van der Waals surface area contributed by atoms with E-state index in [0.29, 0.717) is 24.3 Å². The third kappa shape index (κ3) is 2.58. The molecule has 130 valence electrons. The molecule has 1 atom stereocenters. The van der Waals surface area contributed by atoms with Gasteiger partial charge in [0.2, 0.25) is 11.8 Å². The number of morpholine rings is 1. The maximum absolute atomic E-state index is 12.8. The minimum atomic E-state index is -0.933. The van der Waals surface area contributed by atoms with Crippen LogP contribution in [0.25, 0.3) is 0 Å². The van der Waals surface area contributed by atoms with Gasteiger partial charge < -0.3 is 9.64 Å². The van der Waals surface area contributed by atoms with Gasteiger partial charge in [-0.1, -0.05) is 0 Å². The molecule has 3 aliphatic rings. The lowest BCUT2D eigenvalue weighted by molar-refractivity contribution is -0.136. The van der Waals surface area contributed by atoms with E-state index in [1.807, 2.05) is 6.07 Å². The smallest absolute Gasteiger partial charge is 0.262 e. The van der Waals surface area contributed by atoms with Crippen LogP contribution in [-0.2, 0) is 14.3 Å². The van der Waals surface area contributed by atoms with Gasteiger partial charge in [-0.05, 0) is 24.6 Å². The summed E-state index contributed by atoms with van der Waals surface area (Å²) in [6.07, 6.45) is 0.273. The minimum Gasteiger partial charge on any atom is -0.378 e. The Kier molecular flexibility index (Phi) is 3.76. The minimum absolute atomic E-state index is 0.114. The van der Waals surface area contributed by atoms with Crippen LogP contribution < -0.4 is 10.2 Å². The zero-order valence-electron chi connectivity index (χ0n) is 13.5. The van der Waals surface area contributed by atoms with Crippen LogP contribution in [0.2, 0.25) is 0 Å². The fourth-order valence-corrected chi connectivity index (χ4v) is 3.48. The third-order valence-electron chi connectivity index (χ3n) is 4.80. The van der Waals surface area contributed by atoms with E-state index in [9.17, 15) is 19.2 Å². The molecule has 3 aliphatic heterocycles. The van der Waals surface area contributed by atoms with E-state index < -0.39 is 23.8 Å². The number of ether oxygens (including phenoxy) is 1. The Balaban J connectivity index is 1.63. The molecule has 8 nitrogen and oxygen atoms in total. The summed E-state index contributed by atoms with van der Waals surface area (Å²) in [6.45, 7) is 2.67. The first-order chi connectivity index (χ1) is 12.1. The number of nitrogens with one attached hydrogen (secondary N) is 1. The molecule has 4 rings (SSSR count). The summed E-state index contributed by atoms with van der Waals surface area (Å²) in [6, 6.07) is 4.21. The lowest BCUT2D eigenvalue weighted by Crippen LogP contribution is -2.54. The summed E-state index contributed by atoms with van der Waals surface area (Å²) in [5.41, 5.74) is 1.46. The number of anilines is 1. The number of carbonyl (C=O) groups is 4. The zero-order valence-corrected chi connectivity index (χ0v) is 13.5. The Morgan fingerprint density at radius 2 is 1.72 bits per heavy atom. The van der Waals surface area contributed by atoms with Crippen LogP contribution >= 0.6 is 0 Å². The molecule has 0 saturated carbocycles. The maximum Gasteiger partial charge on any atom is 0.262 e. The van der Waals surface area contributed by atoms with Crippen LogP contribution in [0.5, 0.6) is 0 Å². The van der Waals surface area contributed by atoms with Crippen LogP contribution in [0, 0.1) is 0 Å². The average molecular weight is 343 g/mol. The van der Waals surface area contributed by atoms with Crippen molar-refractivity contribution in [3.63, 3.8) is 0 Å². The van der Waals surface area contributed by atoms with Crippen molar-refractivity contribution in [3.05, 3.63) is 29.3 Å². The molecule has 0 spiro atoms. The first kappa shape index (κ1) is 15.8. The molecule has 4 amide bonds. The number of imide groups is 2. The van der Waals surface area contributed by atoms with E-state index >= 15 is 0 Å². The molecule has 0 bridgehead atoms. The van der Waals surface area contributed by atoms with Gasteiger partial charge in [0.05, 0.1) is 24.3 Å². The predicted molar refractivity (Wildman–Crippen MR) is 86.1 cm³/mol. The summed E-state index contributed by atoms with van der Waals surface area (Å²) in [5, 5.41) is 2.19. The largest absolute Gasteiger partial charge is 0.378 e. The third-order valence-corrected chi connectivity index (χ3v) is 4.80. The van der Waals surface area contributed by atoms with E-state index in [1.165, 1.54) is 0 Å². The molecule has 8 heteroatoms. The van der Waals surface area contributed by atoms with Gasteiger partial charge in [0.15, 0.2) is 0 Å². The molecule has 2 saturated heterocycles. The van der Waals surface area contributed by atoms with Crippen molar-refractivity contribution in [2.75, 3.05) is 31.2 Å². The monoisotopic (exact) mass is 343 g/mol. The quantitative estimate of drug-likeness (QED) is 0.755. The highest BCUT2D eigenvalue weighted by Gasteiger charge is 2.44. The van der Waals surface area contributed by atoms with Crippen LogP contribution in [0.15, 0.2) is 18.2 Å². The molecule has 0 aliphatic carbocycles. The number of carbonyl (C=O) groups excluding carboxylic acids is 4. The molecule has 0 aromatic heterocycles. The number of nitrogens with zero attached hydrogens (tertiary/aromatic N) is 2. The predicted octanol–water partition coefficient (Wildman–Crippen LogP) is -0.0756. The first-order valence-corrected chi connectivity index (χ1v) is 8.24. The van der Waals surface area contributed by atoms with Crippen molar-refractivity contribution in [1.29, 1.82) is 0 Å². The average Bonchev–Trinajstić information content (AvgIpc) is 2.87. The maximum atomic E-state index is 12.8. The molecular weight excluding hydrogens is 326 g/mol. The fraction of sp³-hybridized carbons (Fsp3) is 0.412. The Hall–Kier alpha value is -2.74. The standard InChI is InChI=1S/C17H17N3O5/c21-14-4-3-13(15(22)18-14)20-16(23)11-2-1-10(9-12(11)17(20)24)19-5-7-25-8-6-19/h1-2,9,13H,3-8H2,(H,18,21,22)/t13-/m0/s1. The van der Waals surface area contributed by atoms with Gasteiger partial charge in [-0.3, -0.25) is 29.4 Å². The lowest BCUT2D eigenvalue weighted by atomic mass is 10.0. The lowest BCUT2D eigenvalue weighted by Gasteiger charge is -2.29. The molecule has 0 unspecified atom stereocenters. The van der Waals surface area contributed by atoms with E-state index in [-0.39, 0.29) is 18.7 Å². The van der Waals surface area contributed by atoms with Gasteiger partial charge in [-0.2, -0.15) is 0 Å². The van der Waals surface area contributed by atoms with Crippen molar-refractivity contribution < 1.29 is 23.9 Å². The Morgan fingerprint density at radius 3 is 2.44 bits per heavy atom. The van der Waals surface area contributed by atoms with E-state index in [4.69, 9.17) is 4.74 Å². The van der Waals surface area contributed by atoms with Crippen molar-refractivity contribution in [2.24, 2.45) is 0 Å². The van der Waals surface area contributed by atoms with E-state index in [0.717, 1.165) is 23.7 Å². The van der Waals surface area contributed by atoms with Gasteiger partial charge in [0.25, 0.3) is 11.8 Å². The van der Waals surface area contributed by atoms with Crippen molar-refractivity contribution >= 4 is 29.3 Å².